The van der Waals surface area contributed by atoms with Crippen LogP contribution in [0.3, 0.4) is 0 Å². The number of ether oxygens (including phenoxy) is 2. The monoisotopic (exact) mass is 282 g/mol. The molecule has 0 radical (unpaired) electrons. The van der Waals surface area contributed by atoms with Crippen molar-refractivity contribution in [1.29, 1.82) is 0 Å². The average molecular weight is 282 g/mol. The van der Waals surface area contributed by atoms with Crippen molar-refractivity contribution in [2.24, 2.45) is 0 Å². The molecule has 1 aliphatic carbocycles. The van der Waals surface area contributed by atoms with E-state index in [0.29, 0.717) is 0 Å². The molecule has 2 heterocycles. The summed E-state index contributed by atoms with van der Waals surface area (Å²) in [5.74, 6) is -0.208. The SMILES string of the molecule is CCCN(CC1CCCN1)C1CCC2(CC1)OCCO2. The van der Waals surface area contributed by atoms with Gasteiger partial charge in [0.1, 0.15) is 0 Å². The van der Waals surface area contributed by atoms with E-state index in [2.05, 4.69) is 17.1 Å². The van der Waals surface area contributed by atoms with Crippen LogP contribution < -0.4 is 5.32 Å². The average Bonchev–Trinajstić information content (AvgIpc) is 3.12. The lowest BCUT2D eigenvalue weighted by molar-refractivity contribution is -0.184. The van der Waals surface area contributed by atoms with Crippen LogP contribution in [0.15, 0.2) is 0 Å². The Labute approximate surface area is 123 Å². The predicted molar refractivity (Wildman–Crippen MR) is 79.8 cm³/mol. The highest BCUT2D eigenvalue weighted by Gasteiger charge is 2.41. The summed E-state index contributed by atoms with van der Waals surface area (Å²) >= 11 is 0. The number of nitrogens with one attached hydrogen (secondary N) is 1. The molecule has 3 rings (SSSR count). The quantitative estimate of drug-likeness (QED) is 0.837. The lowest BCUT2D eigenvalue weighted by atomic mass is 9.88. The molecule has 1 unspecified atom stereocenters. The zero-order chi connectivity index (χ0) is 13.8. The second-order valence-electron chi connectivity index (χ2n) is 6.63. The first-order valence-electron chi connectivity index (χ1n) is 8.57. The van der Waals surface area contributed by atoms with Crippen LogP contribution in [-0.2, 0) is 9.47 Å². The molecular weight excluding hydrogens is 252 g/mol. The minimum Gasteiger partial charge on any atom is -0.348 e. The van der Waals surface area contributed by atoms with Gasteiger partial charge in [0, 0.05) is 31.5 Å². The fourth-order valence-electron chi connectivity index (χ4n) is 4.10. The molecule has 0 aromatic carbocycles. The molecule has 3 aliphatic rings. The van der Waals surface area contributed by atoms with Crippen LogP contribution >= 0.6 is 0 Å². The molecule has 1 saturated carbocycles. The summed E-state index contributed by atoms with van der Waals surface area (Å²) in [4.78, 5) is 2.73. The third-order valence-electron chi connectivity index (χ3n) is 5.17. The van der Waals surface area contributed by atoms with Crippen LogP contribution in [0.1, 0.15) is 51.9 Å². The highest BCUT2D eigenvalue weighted by atomic mass is 16.7. The smallest absolute Gasteiger partial charge is 0.168 e. The van der Waals surface area contributed by atoms with Gasteiger partial charge in [-0.1, -0.05) is 6.92 Å². The van der Waals surface area contributed by atoms with E-state index < -0.39 is 0 Å². The van der Waals surface area contributed by atoms with Crippen molar-refractivity contribution in [2.45, 2.75) is 69.7 Å². The van der Waals surface area contributed by atoms with Gasteiger partial charge in [0.2, 0.25) is 0 Å². The van der Waals surface area contributed by atoms with Gasteiger partial charge in [-0.3, -0.25) is 4.90 Å². The lowest BCUT2D eigenvalue weighted by Crippen LogP contribution is -2.48. The molecular formula is C16H30N2O2. The second-order valence-corrected chi connectivity index (χ2v) is 6.63. The van der Waals surface area contributed by atoms with Crippen molar-refractivity contribution >= 4 is 0 Å². The summed E-state index contributed by atoms with van der Waals surface area (Å²) in [5.41, 5.74) is 0. The maximum Gasteiger partial charge on any atom is 0.168 e. The summed E-state index contributed by atoms with van der Waals surface area (Å²) in [6.45, 7) is 7.54. The van der Waals surface area contributed by atoms with E-state index in [4.69, 9.17) is 9.47 Å². The Kier molecular flexibility index (Phi) is 4.97. The lowest BCUT2D eigenvalue weighted by Gasteiger charge is -2.41. The molecule has 0 aromatic rings. The fraction of sp³-hybridized carbons (Fsp3) is 1.00. The molecule has 1 spiro atoms. The van der Waals surface area contributed by atoms with E-state index in [1.807, 2.05) is 0 Å². The molecule has 3 fully saturated rings. The van der Waals surface area contributed by atoms with E-state index in [1.54, 1.807) is 0 Å². The number of hydrogen-bond acceptors (Lipinski definition) is 4. The van der Waals surface area contributed by atoms with Crippen LogP contribution in [-0.4, -0.2) is 55.6 Å². The largest absolute Gasteiger partial charge is 0.348 e. The summed E-state index contributed by atoms with van der Waals surface area (Å²) < 4.78 is 11.7. The first kappa shape index (κ1) is 14.8. The Balaban J connectivity index is 1.52. The predicted octanol–water partition coefficient (Wildman–Crippen LogP) is 2.14. The fourth-order valence-corrected chi connectivity index (χ4v) is 4.10. The molecule has 0 bridgehead atoms. The summed E-state index contributed by atoms with van der Waals surface area (Å²) in [5, 5.41) is 3.64. The Morgan fingerprint density at radius 3 is 2.50 bits per heavy atom. The molecule has 0 amide bonds. The van der Waals surface area contributed by atoms with Crippen LogP contribution in [0.5, 0.6) is 0 Å². The van der Waals surface area contributed by atoms with Gasteiger partial charge < -0.3 is 14.8 Å². The van der Waals surface area contributed by atoms with E-state index in [0.717, 1.165) is 38.1 Å². The van der Waals surface area contributed by atoms with E-state index >= 15 is 0 Å². The van der Waals surface area contributed by atoms with Crippen molar-refractivity contribution in [3.8, 4) is 0 Å². The van der Waals surface area contributed by atoms with Crippen molar-refractivity contribution < 1.29 is 9.47 Å². The topological polar surface area (TPSA) is 33.7 Å². The van der Waals surface area contributed by atoms with Gasteiger partial charge in [0.25, 0.3) is 0 Å². The zero-order valence-electron chi connectivity index (χ0n) is 12.9. The van der Waals surface area contributed by atoms with Crippen LogP contribution in [0.2, 0.25) is 0 Å². The maximum absolute atomic E-state index is 5.85. The standard InChI is InChI=1S/C16H30N2O2/c1-2-10-18(13-14-4-3-9-17-14)15-5-7-16(8-6-15)19-11-12-20-16/h14-15,17H,2-13H2,1H3. The Morgan fingerprint density at radius 2 is 1.90 bits per heavy atom. The molecule has 4 heteroatoms. The minimum atomic E-state index is -0.208. The third-order valence-corrected chi connectivity index (χ3v) is 5.17. The molecule has 0 aromatic heterocycles. The highest BCUT2D eigenvalue weighted by Crippen LogP contribution is 2.37. The molecule has 116 valence electrons. The van der Waals surface area contributed by atoms with Gasteiger partial charge in [-0.25, -0.2) is 0 Å². The van der Waals surface area contributed by atoms with Gasteiger partial charge in [-0.15, -0.1) is 0 Å². The number of hydrogen-bond donors (Lipinski definition) is 1. The van der Waals surface area contributed by atoms with Crippen molar-refractivity contribution in [2.75, 3.05) is 32.8 Å². The summed E-state index contributed by atoms with van der Waals surface area (Å²) in [7, 11) is 0. The summed E-state index contributed by atoms with van der Waals surface area (Å²) in [6, 6.07) is 1.45. The zero-order valence-corrected chi connectivity index (χ0v) is 12.9. The van der Waals surface area contributed by atoms with Crippen LogP contribution in [0.25, 0.3) is 0 Å². The number of rotatable bonds is 5. The van der Waals surface area contributed by atoms with E-state index in [1.165, 1.54) is 51.7 Å². The Hall–Kier alpha value is -0.160. The van der Waals surface area contributed by atoms with E-state index in [9.17, 15) is 0 Å². The molecule has 1 atom stereocenters. The minimum absolute atomic E-state index is 0.208. The van der Waals surface area contributed by atoms with Crippen molar-refractivity contribution in [3.05, 3.63) is 0 Å². The van der Waals surface area contributed by atoms with Gasteiger partial charge >= 0.3 is 0 Å². The Bertz CT molecular complexity index is 289. The molecule has 2 saturated heterocycles. The third kappa shape index (κ3) is 3.35. The van der Waals surface area contributed by atoms with Gasteiger partial charge in [0.05, 0.1) is 13.2 Å². The van der Waals surface area contributed by atoms with Gasteiger partial charge in [0.15, 0.2) is 5.79 Å². The number of nitrogens with zero attached hydrogens (tertiary/aromatic N) is 1. The first-order valence-corrected chi connectivity index (χ1v) is 8.57. The second kappa shape index (κ2) is 6.73. The summed E-state index contributed by atoms with van der Waals surface area (Å²) in [6.07, 6.45) is 8.57. The van der Waals surface area contributed by atoms with E-state index in [-0.39, 0.29) is 5.79 Å². The molecule has 20 heavy (non-hydrogen) atoms. The van der Waals surface area contributed by atoms with Crippen LogP contribution in [0, 0.1) is 0 Å². The molecule has 1 N–H and O–H groups in total. The normalized spacial score (nSPS) is 30.6. The van der Waals surface area contributed by atoms with Gasteiger partial charge in [-0.05, 0) is 45.2 Å². The van der Waals surface area contributed by atoms with Crippen LogP contribution in [0.4, 0.5) is 0 Å². The highest BCUT2D eigenvalue weighted by molar-refractivity contribution is 4.88. The first-order chi connectivity index (χ1) is 9.81. The Morgan fingerprint density at radius 1 is 1.15 bits per heavy atom. The molecule has 2 aliphatic heterocycles. The van der Waals surface area contributed by atoms with Crippen molar-refractivity contribution in [3.63, 3.8) is 0 Å². The maximum atomic E-state index is 5.85. The van der Waals surface area contributed by atoms with Gasteiger partial charge in [-0.2, -0.15) is 0 Å². The van der Waals surface area contributed by atoms with Crippen molar-refractivity contribution in [1.82, 2.24) is 10.2 Å². The molecule has 4 nitrogen and oxygen atoms in total.